The molecule has 0 aliphatic heterocycles. The third kappa shape index (κ3) is 3.74. The molecule has 1 N–H and O–H groups in total. The zero-order valence-electron chi connectivity index (χ0n) is 16.4. The van der Waals surface area contributed by atoms with E-state index in [4.69, 9.17) is 11.6 Å². The zero-order chi connectivity index (χ0) is 20.6. The maximum absolute atomic E-state index is 14.3. The lowest BCUT2D eigenvalue weighted by atomic mass is 9.84. The van der Waals surface area contributed by atoms with Crippen molar-refractivity contribution in [2.75, 3.05) is 7.05 Å². The number of hydrogen-bond acceptors (Lipinski definition) is 3. The summed E-state index contributed by atoms with van der Waals surface area (Å²) in [7, 11) is 1.81. The minimum atomic E-state index is -0.467. The fourth-order valence-corrected chi connectivity index (χ4v) is 4.23. The largest absolute Gasteiger partial charge is 0.392 e. The Labute approximate surface area is 170 Å². The quantitative estimate of drug-likeness (QED) is 0.675. The van der Waals surface area contributed by atoms with Crippen LogP contribution in [0.4, 0.5) is 4.39 Å². The van der Waals surface area contributed by atoms with Crippen molar-refractivity contribution in [3.63, 3.8) is 0 Å². The van der Waals surface area contributed by atoms with E-state index in [0.29, 0.717) is 18.4 Å². The molecule has 0 saturated heterocycles. The van der Waals surface area contributed by atoms with Crippen molar-refractivity contribution in [2.45, 2.75) is 32.6 Å². The van der Waals surface area contributed by atoms with Gasteiger partial charge in [-0.05, 0) is 61.6 Å². The van der Waals surface area contributed by atoms with Crippen LogP contribution in [0.5, 0.6) is 0 Å². The molecule has 1 aliphatic carbocycles. The summed E-state index contributed by atoms with van der Waals surface area (Å²) < 4.78 is 14.3. The molecule has 1 aliphatic rings. The third-order valence-electron chi connectivity index (χ3n) is 5.41. The Morgan fingerprint density at radius 1 is 1.32 bits per heavy atom. The van der Waals surface area contributed by atoms with E-state index in [2.05, 4.69) is 23.5 Å². The lowest BCUT2D eigenvalue weighted by Gasteiger charge is -2.19. The van der Waals surface area contributed by atoms with Crippen molar-refractivity contribution in [3.8, 4) is 11.3 Å². The highest BCUT2D eigenvalue weighted by Gasteiger charge is 2.39. The van der Waals surface area contributed by atoms with Crippen molar-refractivity contribution in [1.29, 1.82) is 0 Å². The minimum absolute atomic E-state index is 0.105. The number of hydrogen-bond donors (Lipinski definition) is 1. The molecule has 5 heteroatoms. The van der Waals surface area contributed by atoms with E-state index in [0.717, 1.165) is 28.0 Å². The monoisotopic (exact) mass is 398 g/mol. The van der Waals surface area contributed by atoms with Gasteiger partial charge in [0.25, 0.3) is 0 Å². The standard InChI is InChI=1S/C23H24ClFN2O/c1-12-6-16(22-19(25)10-18(24)11-27-22)7-13(2)20(12)21-14(3)8-17(23(21)28)9-15(4)26-5/h6-7,10-11,17,21,26H,3-4,8-9H2,1-2,5H3. The number of Topliss-reactive ketones (excluding diaryl/α,β-unsaturated/α-hetero) is 1. The Morgan fingerprint density at radius 2 is 1.96 bits per heavy atom. The highest BCUT2D eigenvalue weighted by Crippen LogP contribution is 2.44. The number of aryl methyl sites for hydroxylation is 2. The molecule has 146 valence electrons. The Hall–Kier alpha value is -2.46. The minimum Gasteiger partial charge on any atom is -0.392 e. The molecule has 1 aromatic heterocycles. The summed E-state index contributed by atoms with van der Waals surface area (Å²) in [5, 5.41) is 3.27. The van der Waals surface area contributed by atoms with Gasteiger partial charge in [0, 0.05) is 30.4 Å². The van der Waals surface area contributed by atoms with Crippen molar-refractivity contribution in [1.82, 2.24) is 10.3 Å². The predicted molar refractivity (Wildman–Crippen MR) is 112 cm³/mol. The SMILES string of the molecule is C=C(CC1CC(=C)C(c2c(C)cc(-c3ncc(Cl)cc3F)cc2C)C1=O)NC. The van der Waals surface area contributed by atoms with Gasteiger partial charge in [0.2, 0.25) is 0 Å². The van der Waals surface area contributed by atoms with Crippen LogP contribution in [0.3, 0.4) is 0 Å². The number of benzene rings is 1. The number of carbonyl (C=O) groups is 1. The van der Waals surface area contributed by atoms with E-state index < -0.39 is 5.82 Å². The fourth-order valence-electron chi connectivity index (χ4n) is 4.08. The van der Waals surface area contributed by atoms with Gasteiger partial charge in [-0.1, -0.05) is 30.3 Å². The van der Waals surface area contributed by atoms with Gasteiger partial charge in [0.05, 0.1) is 10.9 Å². The Kier molecular flexibility index (Phi) is 5.71. The fraction of sp³-hybridized carbons (Fsp3) is 0.304. The van der Waals surface area contributed by atoms with Crippen LogP contribution in [0, 0.1) is 25.6 Å². The number of nitrogens with one attached hydrogen (secondary N) is 1. The molecule has 0 amide bonds. The van der Waals surface area contributed by atoms with Crippen molar-refractivity contribution in [3.05, 3.63) is 76.4 Å². The van der Waals surface area contributed by atoms with Crippen molar-refractivity contribution < 1.29 is 9.18 Å². The summed E-state index contributed by atoms with van der Waals surface area (Å²) in [5.41, 5.74) is 5.52. The van der Waals surface area contributed by atoms with Crippen LogP contribution in [-0.2, 0) is 4.79 Å². The molecule has 2 atom stereocenters. The summed E-state index contributed by atoms with van der Waals surface area (Å²) >= 11 is 5.81. The van der Waals surface area contributed by atoms with E-state index in [1.165, 1.54) is 12.3 Å². The molecular weight excluding hydrogens is 375 g/mol. The summed E-state index contributed by atoms with van der Waals surface area (Å²) in [6.45, 7) is 12.0. The number of carbonyl (C=O) groups excluding carboxylic acids is 1. The Balaban J connectivity index is 1.98. The second-order valence-corrected chi connectivity index (χ2v) is 7.90. The van der Waals surface area contributed by atoms with Gasteiger partial charge in [0.1, 0.15) is 11.5 Å². The summed E-state index contributed by atoms with van der Waals surface area (Å²) in [6.07, 6.45) is 2.71. The van der Waals surface area contributed by atoms with Crippen LogP contribution >= 0.6 is 11.6 Å². The molecule has 3 nitrogen and oxygen atoms in total. The number of pyridine rings is 1. The van der Waals surface area contributed by atoms with Gasteiger partial charge in [-0.25, -0.2) is 4.39 Å². The van der Waals surface area contributed by atoms with Crippen LogP contribution in [0.25, 0.3) is 11.3 Å². The first-order valence-electron chi connectivity index (χ1n) is 9.22. The van der Waals surface area contributed by atoms with Crippen LogP contribution in [0.2, 0.25) is 5.02 Å². The van der Waals surface area contributed by atoms with Gasteiger partial charge < -0.3 is 5.32 Å². The number of halogens is 2. The van der Waals surface area contributed by atoms with Gasteiger partial charge in [-0.3, -0.25) is 9.78 Å². The second-order valence-electron chi connectivity index (χ2n) is 7.46. The smallest absolute Gasteiger partial charge is 0.150 e. The summed E-state index contributed by atoms with van der Waals surface area (Å²) in [4.78, 5) is 17.2. The second kappa shape index (κ2) is 7.88. The molecule has 1 fully saturated rings. The van der Waals surface area contributed by atoms with E-state index in [1.807, 2.05) is 33.0 Å². The molecule has 0 bridgehead atoms. The summed E-state index contributed by atoms with van der Waals surface area (Å²) in [5.74, 6) is -0.722. The van der Waals surface area contributed by atoms with Gasteiger partial charge in [-0.15, -0.1) is 0 Å². The number of ketones is 1. The predicted octanol–water partition coefficient (Wildman–Crippen LogP) is 5.51. The maximum Gasteiger partial charge on any atom is 0.150 e. The van der Waals surface area contributed by atoms with E-state index in [1.54, 1.807) is 0 Å². The molecule has 1 aromatic carbocycles. The maximum atomic E-state index is 14.3. The number of allylic oxidation sites excluding steroid dienone is 2. The topological polar surface area (TPSA) is 42.0 Å². The van der Waals surface area contributed by atoms with Crippen molar-refractivity contribution >= 4 is 17.4 Å². The number of rotatable bonds is 5. The molecule has 28 heavy (non-hydrogen) atoms. The van der Waals surface area contributed by atoms with Gasteiger partial charge >= 0.3 is 0 Å². The van der Waals surface area contributed by atoms with Gasteiger partial charge in [-0.2, -0.15) is 0 Å². The van der Waals surface area contributed by atoms with Crippen LogP contribution in [0.1, 0.15) is 35.4 Å². The zero-order valence-corrected chi connectivity index (χ0v) is 17.2. The van der Waals surface area contributed by atoms with Gasteiger partial charge in [0.15, 0.2) is 5.82 Å². The highest BCUT2D eigenvalue weighted by atomic mass is 35.5. The van der Waals surface area contributed by atoms with Crippen LogP contribution in [0.15, 0.2) is 48.8 Å². The normalized spacial score (nSPS) is 19.2. The molecule has 0 spiro atoms. The Bertz CT molecular complexity index is 960. The number of nitrogens with zero attached hydrogens (tertiary/aromatic N) is 1. The molecule has 2 unspecified atom stereocenters. The molecule has 3 rings (SSSR count). The lowest BCUT2D eigenvalue weighted by molar-refractivity contribution is -0.121. The molecule has 2 aromatic rings. The first kappa shape index (κ1) is 20.3. The highest BCUT2D eigenvalue weighted by molar-refractivity contribution is 6.30. The van der Waals surface area contributed by atoms with E-state index >= 15 is 0 Å². The van der Waals surface area contributed by atoms with E-state index in [9.17, 15) is 9.18 Å². The first-order chi connectivity index (χ1) is 13.2. The lowest BCUT2D eigenvalue weighted by Crippen LogP contribution is -2.18. The average molecular weight is 399 g/mol. The Morgan fingerprint density at radius 3 is 2.54 bits per heavy atom. The molecule has 0 radical (unpaired) electrons. The molecular formula is C23H24ClFN2O. The average Bonchev–Trinajstić information content (AvgIpc) is 2.88. The van der Waals surface area contributed by atoms with Crippen LogP contribution in [-0.4, -0.2) is 17.8 Å². The first-order valence-corrected chi connectivity index (χ1v) is 9.60. The van der Waals surface area contributed by atoms with Crippen LogP contribution < -0.4 is 5.32 Å². The van der Waals surface area contributed by atoms with E-state index in [-0.39, 0.29) is 28.3 Å². The molecule has 1 saturated carbocycles. The third-order valence-corrected chi connectivity index (χ3v) is 5.62. The number of aromatic nitrogens is 1. The molecule has 1 heterocycles. The summed E-state index contributed by atoms with van der Waals surface area (Å²) in [6, 6.07) is 5.01. The van der Waals surface area contributed by atoms with Crippen molar-refractivity contribution in [2.24, 2.45) is 5.92 Å².